The summed E-state index contributed by atoms with van der Waals surface area (Å²) in [6.45, 7) is 3.75. The lowest BCUT2D eigenvalue weighted by Crippen LogP contribution is -1.89. The maximum absolute atomic E-state index is 14.0. The van der Waals surface area contributed by atoms with E-state index >= 15 is 0 Å². The minimum absolute atomic E-state index is 0.254. The number of thiazole rings is 1. The number of hydrogen-bond donors (Lipinski definition) is 1. The monoisotopic (exact) mass is 247 g/mol. The Labute approximate surface area is 101 Å². The van der Waals surface area contributed by atoms with Crippen LogP contribution in [-0.2, 0) is 0 Å². The maximum Gasteiger partial charge on any atom is 0.133 e. The summed E-state index contributed by atoms with van der Waals surface area (Å²) >= 11 is 1.51. The Balaban J connectivity index is 2.44. The SMILES string of the molecule is Cc1n[nH]c(C)c1-c1c(F)ccc2scnc12. The van der Waals surface area contributed by atoms with Crippen molar-refractivity contribution in [2.45, 2.75) is 13.8 Å². The number of H-pyrrole nitrogens is 1. The molecule has 0 saturated heterocycles. The second-order valence-corrected chi connectivity index (χ2v) is 4.82. The molecule has 5 heteroatoms. The molecule has 0 aliphatic carbocycles. The van der Waals surface area contributed by atoms with Gasteiger partial charge in [-0.25, -0.2) is 9.37 Å². The number of hydrogen-bond acceptors (Lipinski definition) is 3. The van der Waals surface area contributed by atoms with Gasteiger partial charge in [0.1, 0.15) is 5.82 Å². The molecule has 3 aromatic rings. The van der Waals surface area contributed by atoms with E-state index in [1.54, 1.807) is 11.6 Å². The molecule has 17 heavy (non-hydrogen) atoms. The summed E-state index contributed by atoms with van der Waals surface area (Å²) in [5, 5.41) is 6.99. The molecule has 0 spiro atoms. The first-order chi connectivity index (χ1) is 8.18. The van der Waals surface area contributed by atoms with Crippen LogP contribution in [0.3, 0.4) is 0 Å². The van der Waals surface area contributed by atoms with Crippen LogP contribution in [0.15, 0.2) is 17.6 Å². The lowest BCUT2D eigenvalue weighted by molar-refractivity contribution is 0.632. The lowest BCUT2D eigenvalue weighted by atomic mass is 10.0. The highest BCUT2D eigenvalue weighted by Crippen LogP contribution is 2.35. The van der Waals surface area contributed by atoms with Crippen molar-refractivity contribution < 1.29 is 4.39 Å². The van der Waals surface area contributed by atoms with Gasteiger partial charge in [0.2, 0.25) is 0 Å². The van der Waals surface area contributed by atoms with Crippen molar-refractivity contribution >= 4 is 21.6 Å². The van der Waals surface area contributed by atoms with Crippen LogP contribution in [-0.4, -0.2) is 15.2 Å². The molecule has 1 N–H and O–H groups in total. The van der Waals surface area contributed by atoms with E-state index in [9.17, 15) is 4.39 Å². The molecular formula is C12H10FN3S. The molecule has 0 radical (unpaired) electrons. The highest BCUT2D eigenvalue weighted by Gasteiger charge is 2.17. The zero-order chi connectivity index (χ0) is 12.0. The molecule has 0 fully saturated rings. The summed E-state index contributed by atoms with van der Waals surface area (Å²) in [6.07, 6.45) is 0. The van der Waals surface area contributed by atoms with Crippen LogP contribution in [0.25, 0.3) is 21.3 Å². The smallest absolute Gasteiger partial charge is 0.133 e. The number of aromatic amines is 1. The standard InChI is InChI=1S/C12H10FN3S/c1-6-10(7(2)16-15-6)11-8(13)3-4-9-12(11)14-5-17-9/h3-5H,1-2H3,(H,15,16). The first-order valence-electron chi connectivity index (χ1n) is 5.22. The quantitative estimate of drug-likeness (QED) is 0.715. The summed E-state index contributed by atoms with van der Waals surface area (Å²) < 4.78 is 15.0. The van der Waals surface area contributed by atoms with Gasteiger partial charge in [-0.15, -0.1) is 11.3 Å². The Morgan fingerprint density at radius 2 is 2.06 bits per heavy atom. The van der Waals surface area contributed by atoms with Gasteiger partial charge >= 0.3 is 0 Å². The molecule has 1 aromatic carbocycles. The van der Waals surface area contributed by atoms with E-state index in [2.05, 4.69) is 15.2 Å². The zero-order valence-electron chi connectivity index (χ0n) is 9.41. The van der Waals surface area contributed by atoms with Crippen molar-refractivity contribution in [3.8, 4) is 11.1 Å². The summed E-state index contributed by atoms with van der Waals surface area (Å²) in [5.41, 5.74) is 5.47. The van der Waals surface area contributed by atoms with Crippen LogP contribution in [0.1, 0.15) is 11.4 Å². The third kappa shape index (κ3) is 1.46. The first kappa shape index (κ1) is 10.4. The van der Waals surface area contributed by atoms with Gasteiger partial charge in [0.05, 0.1) is 21.4 Å². The van der Waals surface area contributed by atoms with Gasteiger partial charge in [0, 0.05) is 16.8 Å². The van der Waals surface area contributed by atoms with E-state index in [1.165, 1.54) is 17.4 Å². The second-order valence-electron chi connectivity index (χ2n) is 3.93. The average Bonchev–Trinajstić information content (AvgIpc) is 2.88. The fourth-order valence-electron chi connectivity index (χ4n) is 2.06. The van der Waals surface area contributed by atoms with Crippen molar-refractivity contribution in [1.82, 2.24) is 15.2 Å². The van der Waals surface area contributed by atoms with Crippen LogP contribution in [0.2, 0.25) is 0 Å². The topological polar surface area (TPSA) is 41.6 Å². The number of nitrogens with zero attached hydrogens (tertiary/aromatic N) is 2. The van der Waals surface area contributed by atoms with Crippen molar-refractivity contribution in [2.75, 3.05) is 0 Å². The maximum atomic E-state index is 14.0. The Morgan fingerprint density at radius 1 is 1.24 bits per heavy atom. The third-order valence-corrected chi connectivity index (χ3v) is 3.62. The molecule has 86 valence electrons. The molecule has 0 atom stereocenters. The van der Waals surface area contributed by atoms with Crippen LogP contribution in [0.5, 0.6) is 0 Å². The molecule has 0 unspecified atom stereocenters. The minimum atomic E-state index is -0.254. The van der Waals surface area contributed by atoms with Crippen molar-refractivity contribution in [1.29, 1.82) is 0 Å². The molecule has 2 aromatic heterocycles. The summed E-state index contributed by atoms with van der Waals surface area (Å²) in [4.78, 5) is 4.25. The highest BCUT2D eigenvalue weighted by molar-refractivity contribution is 7.16. The third-order valence-electron chi connectivity index (χ3n) is 2.83. The van der Waals surface area contributed by atoms with Crippen LogP contribution in [0, 0.1) is 19.7 Å². The molecule has 0 saturated carbocycles. The van der Waals surface area contributed by atoms with Gasteiger partial charge in [0.25, 0.3) is 0 Å². The van der Waals surface area contributed by atoms with Gasteiger partial charge in [-0.1, -0.05) is 0 Å². The predicted octanol–water partition coefficient (Wildman–Crippen LogP) is 3.44. The van der Waals surface area contributed by atoms with E-state index in [4.69, 9.17) is 0 Å². The second kappa shape index (κ2) is 3.63. The zero-order valence-corrected chi connectivity index (χ0v) is 10.2. The normalized spacial score (nSPS) is 11.2. The van der Waals surface area contributed by atoms with Crippen LogP contribution >= 0.6 is 11.3 Å². The van der Waals surface area contributed by atoms with Crippen LogP contribution < -0.4 is 0 Å². The number of aryl methyl sites for hydroxylation is 2. The average molecular weight is 247 g/mol. The van der Waals surface area contributed by atoms with Crippen molar-refractivity contribution in [2.24, 2.45) is 0 Å². The number of aromatic nitrogens is 3. The van der Waals surface area contributed by atoms with E-state index in [-0.39, 0.29) is 5.82 Å². The van der Waals surface area contributed by atoms with Crippen molar-refractivity contribution in [3.63, 3.8) is 0 Å². The molecule has 0 aliphatic rings. The van der Waals surface area contributed by atoms with Gasteiger partial charge in [-0.3, -0.25) is 5.10 Å². The van der Waals surface area contributed by atoms with Crippen LogP contribution in [0.4, 0.5) is 4.39 Å². The molecule has 3 rings (SSSR count). The molecule has 0 bridgehead atoms. The van der Waals surface area contributed by atoms with E-state index in [0.717, 1.165) is 21.7 Å². The van der Waals surface area contributed by atoms with Crippen molar-refractivity contribution in [3.05, 3.63) is 34.8 Å². The molecular weight excluding hydrogens is 237 g/mol. The predicted molar refractivity (Wildman–Crippen MR) is 66.6 cm³/mol. The minimum Gasteiger partial charge on any atom is -0.282 e. The Morgan fingerprint density at radius 3 is 2.76 bits per heavy atom. The number of nitrogens with one attached hydrogen (secondary N) is 1. The number of fused-ring (bicyclic) bond motifs is 1. The molecule has 2 heterocycles. The van der Waals surface area contributed by atoms with Gasteiger partial charge < -0.3 is 0 Å². The molecule has 0 amide bonds. The van der Waals surface area contributed by atoms with Gasteiger partial charge in [0.15, 0.2) is 0 Å². The summed E-state index contributed by atoms with van der Waals surface area (Å²) in [5.74, 6) is -0.254. The summed E-state index contributed by atoms with van der Waals surface area (Å²) in [7, 11) is 0. The molecule has 3 nitrogen and oxygen atoms in total. The first-order valence-corrected chi connectivity index (χ1v) is 6.10. The highest BCUT2D eigenvalue weighted by atomic mass is 32.1. The van der Waals surface area contributed by atoms with Gasteiger partial charge in [-0.05, 0) is 26.0 Å². The fourth-order valence-corrected chi connectivity index (χ4v) is 2.75. The summed E-state index contributed by atoms with van der Waals surface area (Å²) in [6, 6.07) is 3.25. The van der Waals surface area contributed by atoms with Gasteiger partial charge in [-0.2, -0.15) is 5.10 Å². The largest absolute Gasteiger partial charge is 0.282 e. The Kier molecular flexibility index (Phi) is 2.22. The lowest BCUT2D eigenvalue weighted by Gasteiger charge is -2.04. The fraction of sp³-hybridized carbons (Fsp3) is 0.167. The Bertz CT molecular complexity index is 679. The number of benzene rings is 1. The number of halogens is 1. The van der Waals surface area contributed by atoms with E-state index in [1.807, 2.05) is 13.8 Å². The molecule has 0 aliphatic heterocycles. The van der Waals surface area contributed by atoms with E-state index in [0.29, 0.717) is 11.1 Å². The Hall–Kier alpha value is -1.75. The number of rotatable bonds is 1. The van der Waals surface area contributed by atoms with E-state index < -0.39 is 0 Å².